The molecule has 0 aromatic heterocycles. The van der Waals surface area contributed by atoms with Gasteiger partial charge in [0.1, 0.15) is 0 Å². The van der Waals surface area contributed by atoms with Gasteiger partial charge in [0, 0.05) is 12.5 Å². The number of imide groups is 1. The van der Waals surface area contributed by atoms with E-state index in [2.05, 4.69) is 0 Å². The lowest BCUT2D eigenvalue weighted by molar-refractivity contribution is -0.124. The molecule has 1 heterocycles. The van der Waals surface area contributed by atoms with Crippen molar-refractivity contribution in [2.24, 2.45) is 0 Å². The molecule has 1 aromatic carbocycles. The highest BCUT2D eigenvalue weighted by molar-refractivity contribution is 6.21. The number of hydrogen-bond donors (Lipinski definition) is 1. The van der Waals surface area contributed by atoms with Gasteiger partial charge in [0.2, 0.25) is 5.91 Å². The van der Waals surface area contributed by atoms with E-state index >= 15 is 0 Å². The summed E-state index contributed by atoms with van der Waals surface area (Å²) < 4.78 is 0. The summed E-state index contributed by atoms with van der Waals surface area (Å²) in [4.78, 5) is 34.8. The van der Waals surface area contributed by atoms with E-state index in [-0.39, 0.29) is 17.9 Å². The fraction of sp³-hybridized carbons (Fsp3) is 0.0833. The van der Waals surface area contributed by atoms with E-state index in [4.69, 9.17) is 5.11 Å². The van der Waals surface area contributed by atoms with Gasteiger partial charge in [-0.25, -0.2) is 9.69 Å². The van der Waals surface area contributed by atoms with Crippen molar-refractivity contribution in [3.8, 4) is 0 Å². The zero-order valence-electron chi connectivity index (χ0n) is 8.79. The number of nitrogens with zero attached hydrogens (tertiary/aromatic N) is 1. The Morgan fingerprint density at radius 2 is 1.82 bits per heavy atom. The molecule has 2 rings (SSSR count). The standard InChI is InChI=1S/C12H9NO4/c14-10-2-1-3-11(15)13(10)9-6-4-8(5-7-9)12(16)17/h1-2,4-7H,3H2,(H,16,17). The molecule has 1 aliphatic heterocycles. The van der Waals surface area contributed by atoms with Crippen LogP contribution in [0.5, 0.6) is 0 Å². The quantitative estimate of drug-likeness (QED) is 0.776. The molecule has 0 atom stereocenters. The molecule has 0 bridgehead atoms. The molecule has 5 nitrogen and oxygen atoms in total. The molecular formula is C12H9NO4. The molecule has 0 radical (unpaired) electrons. The van der Waals surface area contributed by atoms with Crippen LogP contribution in [0.4, 0.5) is 5.69 Å². The third-order valence-electron chi connectivity index (χ3n) is 2.40. The van der Waals surface area contributed by atoms with Crippen LogP contribution in [0.3, 0.4) is 0 Å². The van der Waals surface area contributed by atoms with Crippen molar-refractivity contribution in [3.63, 3.8) is 0 Å². The fourth-order valence-electron chi connectivity index (χ4n) is 1.57. The van der Waals surface area contributed by atoms with Gasteiger partial charge in [-0.2, -0.15) is 0 Å². The second-order valence-corrected chi connectivity index (χ2v) is 3.53. The van der Waals surface area contributed by atoms with Gasteiger partial charge >= 0.3 is 5.97 Å². The predicted octanol–water partition coefficient (Wildman–Crippen LogP) is 1.20. The number of hydrogen-bond acceptors (Lipinski definition) is 3. The van der Waals surface area contributed by atoms with E-state index < -0.39 is 11.9 Å². The molecular weight excluding hydrogens is 222 g/mol. The molecule has 0 fully saturated rings. The summed E-state index contributed by atoms with van der Waals surface area (Å²) in [6, 6.07) is 5.60. The summed E-state index contributed by atoms with van der Waals surface area (Å²) in [6.07, 6.45) is 3.01. The number of carbonyl (C=O) groups is 3. The highest BCUT2D eigenvalue weighted by Crippen LogP contribution is 2.19. The topological polar surface area (TPSA) is 74.7 Å². The van der Waals surface area contributed by atoms with E-state index in [1.165, 1.54) is 36.4 Å². The highest BCUT2D eigenvalue weighted by Gasteiger charge is 2.23. The SMILES string of the molecule is O=C(O)c1ccc(N2C(=O)C=CCC2=O)cc1. The Morgan fingerprint density at radius 1 is 1.18 bits per heavy atom. The Morgan fingerprint density at radius 3 is 2.35 bits per heavy atom. The highest BCUT2D eigenvalue weighted by atomic mass is 16.4. The first-order chi connectivity index (χ1) is 8.09. The van der Waals surface area contributed by atoms with Crippen LogP contribution in [-0.4, -0.2) is 22.9 Å². The van der Waals surface area contributed by atoms with Crippen molar-refractivity contribution in [1.82, 2.24) is 0 Å². The maximum Gasteiger partial charge on any atom is 0.335 e. The molecule has 0 unspecified atom stereocenters. The Kier molecular flexibility index (Phi) is 2.74. The molecule has 0 aliphatic carbocycles. The molecule has 1 N–H and O–H groups in total. The summed E-state index contributed by atoms with van der Waals surface area (Å²) in [5, 5.41) is 8.73. The van der Waals surface area contributed by atoms with Crippen molar-refractivity contribution < 1.29 is 19.5 Å². The van der Waals surface area contributed by atoms with Gasteiger partial charge in [-0.3, -0.25) is 9.59 Å². The largest absolute Gasteiger partial charge is 0.478 e. The zero-order valence-corrected chi connectivity index (χ0v) is 8.79. The first-order valence-corrected chi connectivity index (χ1v) is 4.96. The lowest BCUT2D eigenvalue weighted by Crippen LogP contribution is -2.37. The molecule has 2 amide bonds. The van der Waals surface area contributed by atoms with Gasteiger partial charge in [-0.1, -0.05) is 6.08 Å². The van der Waals surface area contributed by atoms with Crippen molar-refractivity contribution in [2.45, 2.75) is 6.42 Å². The fourth-order valence-corrected chi connectivity index (χ4v) is 1.57. The van der Waals surface area contributed by atoms with Gasteiger partial charge in [0.25, 0.3) is 5.91 Å². The number of aromatic carboxylic acids is 1. The monoisotopic (exact) mass is 231 g/mol. The average Bonchev–Trinajstić information content (AvgIpc) is 2.29. The average molecular weight is 231 g/mol. The summed E-state index contributed by atoms with van der Waals surface area (Å²) in [5.74, 6) is -1.78. The van der Waals surface area contributed by atoms with Gasteiger partial charge < -0.3 is 5.11 Å². The Balaban J connectivity index is 2.34. The normalized spacial score (nSPS) is 15.2. The maximum absolute atomic E-state index is 11.6. The Bertz CT molecular complexity index is 516. The number of amides is 2. The van der Waals surface area contributed by atoms with Crippen LogP contribution >= 0.6 is 0 Å². The minimum atomic E-state index is -1.05. The number of carboxylic acids is 1. The summed E-state index contributed by atoms with van der Waals surface area (Å²) in [5.41, 5.74) is 0.496. The maximum atomic E-state index is 11.6. The van der Waals surface area contributed by atoms with E-state index in [1.54, 1.807) is 0 Å². The van der Waals surface area contributed by atoms with Crippen LogP contribution in [0.1, 0.15) is 16.8 Å². The molecule has 0 spiro atoms. The predicted molar refractivity (Wildman–Crippen MR) is 59.7 cm³/mol. The Hall–Kier alpha value is -2.43. The van der Waals surface area contributed by atoms with E-state index in [0.29, 0.717) is 5.69 Å². The van der Waals surface area contributed by atoms with Crippen LogP contribution in [0.15, 0.2) is 36.4 Å². The molecule has 0 saturated carbocycles. The van der Waals surface area contributed by atoms with Crippen molar-refractivity contribution in [3.05, 3.63) is 42.0 Å². The number of carbonyl (C=O) groups excluding carboxylic acids is 2. The molecule has 1 aliphatic rings. The molecule has 86 valence electrons. The van der Waals surface area contributed by atoms with Gasteiger partial charge in [-0.05, 0) is 24.3 Å². The van der Waals surface area contributed by atoms with Gasteiger partial charge in [-0.15, -0.1) is 0 Å². The summed E-state index contributed by atoms with van der Waals surface area (Å²) in [6.45, 7) is 0. The van der Waals surface area contributed by atoms with Crippen LogP contribution in [0, 0.1) is 0 Å². The first kappa shape index (κ1) is 11.1. The zero-order chi connectivity index (χ0) is 12.4. The van der Waals surface area contributed by atoms with Gasteiger partial charge in [0.05, 0.1) is 11.3 Å². The number of carboxylic acid groups (broad SMARTS) is 1. The second kappa shape index (κ2) is 4.21. The number of anilines is 1. The third-order valence-corrected chi connectivity index (χ3v) is 2.40. The van der Waals surface area contributed by atoms with E-state index in [0.717, 1.165) is 4.90 Å². The molecule has 5 heteroatoms. The van der Waals surface area contributed by atoms with E-state index in [9.17, 15) is 14.4 Å². The van der Waals surface area contributed by atoms with Crippen molar-refractivity contribution in [1.29, 1.82) is 0 Å². The van der Waals surface area contributed by atoms with E-state index in [1.807, 2.05) is 0 Å². The van der Waals surface area contributed by atoms with Gasteiger partial charge in [0.15, 0.2) is 0 Å². The molecule has 1 aromatic rings. The minimum Gasteiger partial charge on any atom is -0.478 e. The number of benzene rings is 1. The minimum absolute atomic E-state index is 0.112. The van der Waals surface area contributed by atoms with Crippen molar-refractivity contribution in [2.75, 3.05) is 4.90 Å². The van der Waals surface area contributed by atoms with Crippen LogP contribution in [0.2, 0.25) is 0 Å². The molecule has 17 heavy (non-hydrogen) atoms. The smallest absolute Gasteiger partial charge is 0.335 e. The van der Waals surface area contributed by atoms with Crippen LogP contribution < -0.4 is 4.90 Å². The van der Waals surface area contributed by atoms with Crippen LogP contribution in [0.25, 0.3) is 0 Å². The first-order valence-electron chi connectivity index (χ1n) is 4.96. The summed E-state index contributed by atoms with van der Waals surface area (Å²) >= 11 is 0. The summed E-state index contributed by atoms with van der Waals surface area (Å²) in [7, 11) is 0. The third kappa shape index (κ3) is 2.08. The number of rotatable bonds is 2. The second-order valence-electron chi connectivity index (χ2n) is 3.53. The molecule has 0 saturated heterocycles. The lowest BCUT2D eigenvalue weighted by atomic mass is 10.1. The van der Waals surface area contributed by atoms with Crippen molar-refractivity contribution >= 4 is 23.5 Å². The Labute approximate surface area is 97.0 Å². The van der Waals surface area contributed by atoms with Crippen LogP contribution in [-0.2, 0) is 9.59 Å². The lowest BCUT2D eigenvalue weighted by Gasteiger charge is -2.21.